The Morgan fingerprint density at radius 3 is 2.59 bits per heavy atom. The van der Waals surface area contributed by atoms with E-state index in [4.69, 9.17) is 0 Å². The van der Waals surface area contributed by atoms with Gasteiger partial charge in [0.2, 0.25) is 0 Å². The van der Waals surface area contributed by atoms with Crippen molar-refractivity contribution in [1.82, 2.24) is 9.88 Å². The highest BCUT2D eigenvalue weighted by Gasteiger charge is 2.20. The van der Waals surface area contributed by atoms with Crippen molar-refractivity contribution in [2.24, 2.45) is 0 Å². The van der Waals surface area contributed by atoms with Crippen molar-refractivity contribution in [1.29, 1.82) is 0 Å². The summed E-state index contributed by atoms with van der Waals surface area (Å²) < 4.78 is 0. The molecule has 0 fully saturated rings. The molecule has 22 heavy (non-hydrogen) atoms. The number of aromatic nitrogens is 1. The number of nitrogens with one attached hydrogen (secondary N) is 1. The van der Waals surface area contributed by atoms with Gasteiger partial charge in [0.1, 0.15) is 4.88 Å². The number of thiazole rings is 1. The first-order valence-electron chi connectivity index (χ1n) is 6.92. The molecule has 7 heteroatoms. The first-order valence-corrected chi connectivity index (χ1v) is 8.62. The van der Waals surface area contributed by atoms with Crippen molar-refractivity contribution in [2.75, 3.05) is 19.4 Å². The van der Waals surface area contributed by atoms with E-state index in [0.717, 1.165) is 16.9 Å². The molecule has 5 nitrogen and oxygen atoms in total. The van der Waals surface area contributed by atoms with Gasteiger partial charge in [0.05, 0.1) is 11.3 Å². The molecule has 2 heterocycles. The molecular weight excluding hydrogens is 318 g/mol. The number of amides is 2. The first-order chi connectivity index (χ1) is 10.3. The van der Waals surface area contributed by atoms with Gasteiger partial charge in [-0.05, 0) is 25.8 Å². The molecule has 0 atom stereocenters. The average molecular weight is 337 g/mol. The quantitative estimate of drug-likeness (QED) is 0.931. The van der Waals surface area contributed by atoms with Crippen LogP contribution in [0.1, 0.15) is 43.1 Å². The van der Waals surface area contributed by atoms with Crippen molar-refractivity contribution in [3.8, 4) is 0 Å². The molecule has 2 amide bonds. The lowest BCUT2D eigenvalue weighted by Crippen LogP contribution is -2.21. The molecule has 0 radical (unpaired) electrons. The van der Waals surface area contributed by atoms with E-state index in [2.05, 4.69) is 10.3 Å². The maximum Gasteiger partial charge on any atom is 0.265 e. The number of hydrogen-bond acceptors (Lipinski definition) is 5. The minimum absolute atomic E-state index is 0.101. The maximum absolute atomic E-state index is 12.4. The summed E-state index contributed by atoms with van der Waals surface area (Å²) >= 11 is 2.78. The van der Waals surface area contributed by atoms with Gasteiger partial charge in [-0.25, -0.2) is 4.98 Å². The second-order valence-electron chi connectivity index (χ2n) is 5.12. The minimum atomic E-state index is -0.168. The largest absolute Gasteiger partial charge is 0.344 e. The second kappa shape index (κ2) is 6.58. The number of hydrogen-bond donors (Lipinski definition) is 1. The summed E-state index contributed by atoms with van der Waals surface area (Å²) in [5.41, 5.74) is 2.40. The molecule has 0 aromatic carbocycles. The van der Waals surface area contributed by atoms with Crippen molar-refractivity contribution >= 4 is 39.6 Å². The van der Waals surface area contributed by atoms with Crippen LogP contribution in [0.15, 0.2) is 5.38 Å². The highest BCUT2D eigenvalue weighted by Crippen LogP contribution is 2.26. The number of carbonyl (C=O) groups is 2. The molecule has 0 saturated heterocycles. The predicted octanol–water partition coefficient (Wildman–Crippen LogP) is 3.34. The highest BCUT2D eigenvalue weighted by molar-refractivity contribution is 7.17. The first kappa shape index (κ1) is 16.6. The molecule has 2 aromatic rings. The summed E-state index contributed by atoms with van der Waals surface area (Å²) in [6.45, 7) is 5.82. The van der Waals surface area contributed by atoms with Crippen LogP contribution in [-0.4, -0.2) is 35.8 Å². The van der Waals surface area contributed by atoms with Crippen LogP contribution in [0.25, 0.3) is 0 Å². The zero-order valence-corrected chi connectivity index (χ0v) is 14.9. The van der Waals surface area contributed by atoms with Crippen LogP contribution in [0.5, 0.6) is 0 Å². The average Bonchev–Trinajstić information content (AvgIpc) is 3.00. The summed E-state index contributed by atoms with van der Waals surface area (Å²) in [5.74, 6) is -0.269. The van der Waals surface area contributed by atoms with Gasteiger partial charge in [0.15, 0.2) is 5.13 Å². The summed E-state index contributed by atoms with van der Waals surface area (Å²) in [6, 6.07) is 0. The van der Waals surface area contributed by atoms with Crippen LogP contribution < -0.4 is 5.32 Å². The van der Waals surface area contributed by atoms with Crippen LogP contribution in [-0.2, 0) is 6.42 Å². The van der Waals surface area contributed by atoms with E-state index in [1.807, 2.05) is 19.2 Å². The van der Waals surface area contributed by atoms with Gasteiger partial charge in [-0.2, -0.15) is 0 Å². The topological polar surface area (TPSA) is 62.3 Å². The third kappa shape index (κ3) is 3.20. The lowest BCUT2D eigenvalue weighted by Gasteiger charge is -2.07. The molecule has 118 valence electrons. The number of nitrogens with zero attached hydrogens (tertiary/aromatic N) is 2. The molecule has 2 aromatic heterocycles. The summed E-state index contributed by atoms with van der Waals surface area (Å²) in [5, 5.41) is 5.13. The van der Waals surface area contributed by atoms with E-state index < -0.39 is 0 Å². The SMILES string of the molecule is CCc1c(C(=O)Nc2nc(C)c(C(=O)N(C)C)s2)csc1C. The lowest BCUT2D eigenvalue weighted by atomic mass is 10.1. The Morgan fingerprint density at radius 1 is 1.32 bits per heavy atom. The fraction of sp³-hybridized carbons (Fsp3) is 0.400. The summed E-state index contributed by atoms with van der Waals surface area (Å²) in [6.07, 6.45) is 0.819. The van der Waals surface area contributed by atoms with Crippen LogP contribution >= 0.6 is 22.7 Å². The van der Waals surface area contributed by atoms with Gasteiger partial charge in [0, 0.05) is 24.4 Å². The van der Waals surface area contributed by atoms with Crippen molar-refractivity contribution in [3.63, 3.8) is 0 Å². The minimum Gasteiger partial charge on any atom is -0.344 e. The Bertz CT molecular complexity index is 716. The number of thiophene rings is 1. The van der Waals surface area contributed by atoms with Crippen molar-refractivity contribution in [3.05, 3.63) is 32.0 Å². The Labute approximate surface area is 138 Å². The highest BCUT2D eigenvalue weighted by atomic mass is 32.1. The molecule has 2 rings (SSSR count). The van der Waals surface area contributed by atoms with Gasteiger partial charge >= 0.3 is 0 Å². The zero-order chi connectivity index (χ0) is 16.4. The molecule has 0 bridgehead atoms. The van der Waals surface area contributed by atoms with Crippen molar-refractivity contribution in [2.45, 2.75) is 27.2 Å². The second-order valence-corrected chi connectivity index (χ2v) is 7.21. The molecule has 0 aliphatic heterocycles. The molecule has 0 aliphatic carbocycles. The van der Waals surface area contributed by atoms with Crippen LogP contribution in [0.3, 0.4) is 0 Å². The number of rotatable bonds is 4. The molecule has 0 aliphatic rings. The smallest absolute Gasteiger partial charge is 0.265 e. The Hall–Kier alpha value is -1.73. The van der Waals surface area contributed by atoms with Crippen LogP contribution in [0, 0.1) is 13.8 Å². The lowest BCUT2D eigenvalue weighted by molar-refractivity contribution is 0.0831. The normalized spacial score (nSPS) is 10.6. The summed E-state index contributed by atoms with van der Waals surface area (Å²) in [7, 11) is 3.39. The molecule has 0 saturated carbocycles. The fourth-order valence-electron chi connectivity index (χ4n) is 2.13. The van der Waals surface area contributed by atoms with E-state index in [1.54, 1.807) is 32.4 Å². The van der Waals surface area contributed by atoms with Crippen molar-refractivity contribution < 1.29 is 9.59 Å². The molecule has 0 unspecified atom stereocenters. The predicted molar refractivity (Wildman–Crippen MR) is 91.3 cm³/mol. The third-order valence-corrected chi connectivity index (χ3v) is 5.33. The van der Waals surface area contributed by atoms with E-state index in [9.17, 15) is 9.59 Å². The Kier molecular flexibility index (Phi) is 4.97. The van der Waals surface area contributed by atoms with E-state index in [0.29, 0.717) is 21.3 Å². The van der Waals surface area contributed by atoms with Gasteiger partial charge in [-0.1, -0.05) is 18.3 Å². The van der Waals surface area contributed by atoms with Gasteiger partial charge < -0.3 is 4.90 Å². The fourth-order valence-corrected chi connectivity index (χ4v) is 4.05. The standard InChI is InChI=1S/C15H19N3O2S2/c1-6-10-9(3)21-7-11(10)13(19)17-15-16-8(2)12(22-15)14(20)18(4)5/h7H,6H2,1-5H3,(H,16,17,19). The monoisotopic (exact) mass is 337 g/mol. The molecule has 0 spiro atoms. The number of aryl methyl sites for hydroxylation is 2. The Morgan fingerprint density at radius 2 is 2.00 bits per heavy atom. The summed E-state index contributed by atoms with van der Waals surface area (Å²) in [4.78, 5) is 31.9. The van der Waals surface area contributed by atoms with Crippen LogP contribution in [0.2, 0.25) is 0 Å². The van der Waals surface area contributed by atoms with Crippen LogP contribution in [0.4, 0.5) is 5.13 Å². The maximum atomic E-state index is 12.4. The third-order valence-electron chi connectivity index (χ3n) is 3.32. The molecule has 1 N–H and O–H groups in total. The zero-order valence-electron chi connectivity index (χ0n) is 13.3. The van der Waals surface area contributed by atoms with Gasteiger partial charge in [-0.15, -0.1) is 11.3 Å². The Balaban J connectivity index is 2.22. The number of anilines is 1. The molecular formula is C15H19N3O2S2. The van der Waals surface area contributed by atoms with E-state index in [-0.39, 0.29) is 11.8 Å². The van der Waals surface area contributed by atoms with Gasteiger partial charge in [0.25, 0.3) is 11.8 Å². The van der Waals surface area contributed by atoms with E-state index >= 15 is 0 Å². The number of carbonyl (C=O) groups excluding carboxylic acids is 2. The van der Waals surface area contributed by atoms with Gasteiger partial charge in [-0.3, -0.25) is 14.9 Å². The van der Waals surface area contributed by atoms with E-state index in [1.165, 1.54) is 16.2 Å².